The van der Waals surface area contributed by atoms with E-state index in [4.69, 9.17) is 12.2 Å². The third-order valence-electron chi connectivity index (χ3n) is 2.40. The molecule has 1 aromatic heterocycles. The van der Waals surface area contributed by atoms with Crippen molar-refractivity contribution in [1.29, 1.82) is 0 Å². The second kappa shape index (κ2) is 5.05. The Labute approximate surface area is 105 Å². The summed E-state index contributed by atoms with van der Waals surface area (Å²) in [6.07, 6.45) is 2.58. The largest absolute Gasteiger partial charge is 0.250 e. The van der Waals surface area contributed by atoms with Crippen LogP contribution in [0.15, 0.2) is 29.4 Å². The van der Waals surface area contributed by atoms with Gasteiger partial charge in [0.1, 0.15) is 0 Å². The summed E-state index contributed by atoms with van der Waals surface area (Å²) in [5, 5.41) is 11.2. The maximum atomic E-state index is 5.11. The van der Waals surface area contributed by atoms with Crippen molar-refractivity contribution in [3.8, 4) is 0 Å². The van der Waals surface area contributed by atoms with E-state index in [1.165, 1.54) is 5.56 Å². The normalized spacial score (nSPS) is 11.2. The molecule has 0 spiro atoms. The molecule has 4 nitrogen and oxygen atoms in total. The zero-order valence-corrected chi connectivity index (χ0v) is 10.7. The van der Waals surface area contributed by atoms with E-state index >= 15 is 0 Å². The monoisotopic (exact) mass is 246 g/mol. The molecule has 0 aliphatic rings. The Kier molecular flexibility index (Phi) is 3.49. The van der Waals surface area contributed by atoms with E-state index in [1.807, 2.05) is 19.1 Å². The van der Waals surface area contributed by atoms with Crippen molar-refractivity contribution in [2.24, 2.45) is 5.10 Å². The second-order valence-corrected chi connectivity index (χ2v) is 4.16. The van der Waals surface area contributed by atoms with Crippen LogP contribution in [0.1, 0.15) is 23.9 Å². The molecule has 0 bridgehead atoms. The molecule has 5 heteroatoms. The molecule has 0 fully saturated rings. The molecule has 0 amide bonds. The van der Waals surface area contributed by atoms with Crippen molar-refractivity contribution in [1.82, 2.24) is 14.9 Å². The van der Waals surface area contributed by atoms with Gasteiger partial charge < -0.3 is 0 Å². The van der Waals surface area contributed by atoms with Crippen LogP contribution in [0.25, 0.3) is 0 Å². The number of nitrogens with one attached hydrogen (secondary N) is 1. The molecule has 0 saturated carbocycles. The van der Waals surface area contributed by atoms with Gasteiger partial charge in [-0.3, -0.25) is 5.10 Å². The summed E-state index contributed by atoms with van der Waals surface area (Å²) in [6.45, 7) is 4.07. The molecule has 0 atom stereocenters. The summed E-state index contributed by atoms with van der Waals surface area (Å²) in [7, 11) is 0. The van der Waals surface area contributed by atoms with Crippen molar-refractivity contribution >= 4 is 18.4 Å². The first-order valence-electron chi connectivity index (χ1n) is 5.48. The van der Waals surface area contributed by atoms with E-state index in [0.717, 1.165) is 17.8 Å². The lowest BCUT2D eigenvalue weighted by Crippen LogP contribution is -1.97. The first-order chi connectivity index (χ1) is 8.20. The minimum absolute atomic E-state index is 0.519. The smallest absolute Gasteiger partial charge is 0.216 e. The predicted octanol–water partition coefficient (Wildman–Crippen LogP) is 2.69. The highest BCUT2D eigenvalue weighted by Gasteiger charge is 2.00. The van der Waals surface area contributed by atoms with Crippen LogP contribution in [-0.4, -0.2) is 21.1 Å². The Bertz CT molecular complexity index is 595. The third kappa shape index (κ3) is 2.68. The third-order valence-corrected chi connectivity index (χ3v) is 2.66. The predicted molar refractivity (Wildman–Crippen MR) is 71.0 cm³/mol. The van der Waals surface area contributed by atoms with E-state index in [2.05, 4.69) is 34.4 Å². The summed E-state index contributed by atoms with van der Waals surface area (Å²) in [5.41, 5.74) is 2.26. The summed E-state index contributed by atoms with van der Waals surface area (Å²) in [5.74, 6) is 0.832. The first kappa shape index (κ1) is 11.7. The van der Waals surface area contributed by atoms with Crippen molar-refractivity contribution < 1.29 is 0 Å². The van der Waals surface area contributed by atoms with Gasteiger partial charge >= 0.3 is 0 Å². The summed E-state index contributed by atoms with van der Waals surface area (Å²) >= 11 is 5.11. The Morgan fingerprint density at radius 2 is 2.35 bits per heavy atom. The van der Waals surface area contributed by atoms with Crippen LogP contribution in [0.2, 0.25) is 0 Å². The number of benzene rings is 1. The van der Waals surface area contributed by atoms with Crippen molar-refractivity contribution in [2.75, 3.05) is 0 Å². The van der Waals surface area contributed by atoms with Gasteiger partial charge in [0.2, 0.25) is 4.77 Å². The highest BCUT2D eigenvalue weighted by atomic mass is 32.1. The molecular formula is C12H14N4S. The van der Waals surface area contributed by atoms with Gasteiger partial charge in [0, 0.05) is 6.42 Å². The zero-order valence-electron chi connectivity index (χ0n) is 9.84. The van der Waals surface area contributed by atoms with Gasteiger partial charge in [-0.2, -0.15) is 14.9 Å². The molecule has 88 valence electrons. The van der Waals surface area contributed by atoms with Crippen molar-refractivity contribution in [2.45, 2.75) is 20.3 Å². The Hall–Kier alpha value is -1.75. The number of aromatic nitrogens is 3. The van der Waals surface area contributed by atoms with Crippen molar-refractivity contribution in [3.05, 3.63) is 46.0 Å². The van der Waals surface area contributed by atoms with E-state index in [9.17, 15) is 0 Å². The number of nitrogens with zero attached hydrogens (tertiary/aromatic N) is 3. The van der Waals surface area contributed by atoms with E-state index in [0.29, 0.717) is 4.77 Å². The number of hydrogen-bond donors (Lipinski definition) is 1. The van der Waals surface area contributed by atoms with Gasteiger partial charge in [0.25, 0.3) is 0 Å². The van der Waals surface area contributed by atoms with Crippen LogP contribution >= 0.6 is 12.2 Å². The summed E-state index contributed by atoms with van der Waals surface area (Å²) in [6, 6.07) is 8.13. The Morgan fingerprint density at radius 3 is 3.06 bits per heavy atom. The van der Waals surface area contributed by atoms with Crippen molar-refractivity contribution in [3.63, 3.8) is 0 Å². The molecule has 1 heterocycles. The second-order valence-electron chi connectivity index (χ2n) is 3.77. The van der Waals surface area contributed by atoms with Gasteiger partial charge in [-0.25, -0.2) is 0 Å². The van der Waals surface area contributed by atoms with E-state index < -0.39 is 0 Å². The highest BCUT2D eigenvalue weighted by molar-refractivity contribution is 7.71. The fourth-order valence-electron chi connectivity index (χ4n) is 1.55. The molecule has 1 aromatic carbocycles. The quantitative estimate of drug-likeness (QED) is 0.668. The van der Waals surface area contributed by atoms with Gasteiger partial charge in [-0.05, 0) is 24.7 Å². The number of H-pyrrole nitrogens is 1. The Morgan fingerprint density at radius 1 is 1.53 bits per heavy atom. The zero-order chi connectivity index (χ0) is 12.3. The minimum Gasteiger partial charge on any atom is -0.250 e. The van der Waals surface area contributed by atoms with Crippen LogP contribution in [0.3, 0.4) is 0 Å². The fourth-order valence-corrected chi connectivity index (χ4v) is 1.75. The van der Waals surface area contributed by atoms with Crippen LogP contribution in [0.5, 0.6) is 0 Å². The maximum absolute atomic E-state index is 5.11. The van der Waals surface area contributed by atoms with Gasteiger partial charge in [0.15, 0.2) is 5.82 Å². The lowest BCUT2D eigenvalue weighted by Gasteiger charge is -1.97. The minimum atomic E-state index is 0.519. The van der Waals surface area contributed by atoms with Gasteiger partial charge in [-0.15, -0.1) is 0 Å². The molecule has 0 radical (unpaired) electrons. The molecule has 0 unspecified atom stereocenters. The molecule has 0 aliphatic heterocycles. The molecular weight excluding hydrogens is 232 g/mol. The first-order valence-corrected chi connectivity index (χ1v) is 5.89. The van der Waals surface area contributed by atoms with Crippen LogP contribution in [-0.2, 0) is 6.42 Å². The lowest BCUT2D eigenvalue weighted by molar-refractivity contribution is 0.780. The molecule has 2 rings (SSSR count). The maximum Gasteiger partial charge on any atom is 0.216 e. The average Bonchev–Trinajstić information content (AvgIpc) is 2.67. The molecule has 0 saturated heterocycles. The lowest BCUT2D eigenvalue weighted by atomic mass is 10.2. The average molecular weight is 246 g/mol. The highest BCUT2D eigenvalue weighted by Crippen LogP contribution is 2.03. The van der Waals surface area contributed by atoms with Crippen LogP contribution in [0.4, 0.5) is 0 Å². The molecule has 2 aromatic rings. The number of aryl methyl sites for hydroxylation is 2. The Balaban J connectivity index is 2.32. The van der Waals surface area contributed by atoms with Gasteiger partial charge in [-0.1, -0.05) is 36.8 Å². The van der Waals surface area contributed by atoms with E-state index in [-0.39, 0.29) is 0 Å². The molecule has 17 heavy (non-hydrogen) atoms. The topological polar surface area (TPSA) is 46.0 Å². The fraction of sp³-hybridized carbons (Fsp3) is 0.250. The summed E-state index contributed by atoms with van der Waals surface area (Å²) in [4.78, 5) is 0. The summed E-state index contributed by atoms with van der Waals surface area (Å²) < 4.78 is 2.17. The molecule has 1 N–H and O–H groups in total. The van der Waals surface area contributed by atoms with E-state index in [1.54, 1.807) is 10.9 Å². The standard InChI is InChI=1S/C12H14N4S/c1-3-11-14-15-12(17)16(11)13-8-10-6-4-5-9(2)7-10/h4-8H,3H2,1-2H3,(H,15,17). The number of rotatable bonds is 3. The van der Waals surface area contributed by atoms with Crippen LogP contribution in [0, 0.1) is 11.7 Å². The number of hydrogen-bond acceptors (Lipinski definition) is 3. The molecule has 0 aliphatic carbocycles. The van der Waals surface area contributed by atoms with Gasteiger partial charge in [0.05, 0.1) is 6.21 Å². The van der Waals surface area contributed by atoms with Crippen LogP contribution < -0.4 is 0 Å². The SMILES string of the molecule is CCc1n[nH]c(=S)n1N=Cc1cccc(C)c1. The number of aromatic amines is 1.